The van der Waals surface area contributed by atoms with Crippen LogP contribution in [0.2, 0.25) is 0 Å². The summed E-state index contributed by atoms with van der Waals surface area (Å²) in [6.07, 6.45) is 0. The van der Waals surface area contributed by atoms with Gasteiger partial charge < -0.3 is 25.8 Å². The summed E-state index contributed by atoms with van der Waals surface area (Å²) >= 11 is 0.985. The quantitative estimate of drug-likeness (QED) is 0.329. The Labute approximate surface area is 199 Å². The van der Waals surface area contributed by atoms with Crippen LogP contribution < -0.4 is 21.1 Å². The normalized spacial score (nSPS) is 11.5. The number of halogens is 1. The van der Waals surface area contributed by atoms with Crippen LogP contribution in [-0.2, 0) is 14.3 Å². The number of rotatable bonds is 10. The van der Waals surface area contributed by atoms with Crippen molar-refractivity contribution in [2.24, 2.45) is 5.73 Å². The second-order valence-corrected chi connectivity index (χ2v) is 8.06. The van der Waals surface area contributed by atoms with Crippen LogP contribution in [0, 0.1) is 5.82 Å². The maximum atomic E-state index is 13.4. The summed E-state index contributed by atoms with van der Waals surface area (Å²) in [6.45, 7) is 3.27. The smallest absolute Gasteiger partial charge is 0.344 e. The Morgan fingerprint density at radius 2 is 1.76 bits per heavy atom. The topological polar surface area (TPSA) is 138 Å². The van der Waals surface area contributed by atoms with Crippen molar-refractivity contribution < 1.29 is 28.2 Å². The number of esters is 1. The third kappa shape index (κ3) is 5.67. The minimum atomic E-state index is -0.838. The molecule has 1 heterocycles. The molecule has 0 spiro atoms. The van der Waals surface area contributed by atoms with Gasteiger partial charge in [-0.3, -0.25) is 9.59 Å². The van der Waals surface area contributed by atoms with Crippen molar-refractivity contribution in [3.05, 3.63) is 64.8 Å². The van der Waals surface area contributed by atoms with Crippen LogP contribution in [0.3, 0.4) is 0 Å². The lowest BCUT2D eigenvalue weighted by Crippen LogP contribution is -2.39. The molecule has 34 heavy (non-hydrogen) atoms. The zero-order valence-corrected chi connectivity index (χ0v) is 19.3. The Hall–Kier alpha value is -3.99. The lowest BCUT2D eigenvalue weighted by molar-refractivity contribution is -0.145. The first kappa shape index (κ1) is 24.6. The molecule has 0 unspecified atom stereocenters. The third-order valence-corrected chi connectivity index (χ3v) is 5.81. The van der Waals surface area contributed by atoms with Crippen LogP contribution in [-0.4, -0.2) is 41.9 Å². The molecular formula is C23H23FN4O5S. The van der Waals surface area contributed by atoms with Crippen LogP contribution in [0.4, 0.5) is 21.0 Å². The van der Waals surface area contributed by atoms with Crippen LogP contribution in [0.1, 0.15) is 29.1 Å². The first-order chi connectivity index (χ1) is 16.2. The maximum absolute atomic E-state index is 13.4. The van der Waals surface area contributed by atoms with E-state index in [1.54, 1.807) is 26.0 Å². The van der Waals surface area contributed by atoms with Crippen LogP contribution >= 0.6 is 11.3 Å². The number of thiazole rings is 1. The number of carbonyl (C=O) groups is 3. The first-order valence-electron chi connectivity index (χ1n) is 10.2. The molecule has 0 bridgehead atoms. The SMILES string of the molecule is CCOC(=O)COc1ccc(C(=O)c2sc(N(c3ccc(F)cc3)[C@H](C)C(N)=O)nc2N)cc1. The van der Waals surface area contributed by atoms with Gasteiger partial charge in [0.25, 0.3) is 0 Å². The molecule has 1 atom stereocenters. The highest BCUT2D eigenvalue weighted by molar-refractivity contribution is 7.18. The molecule has 0 saturated carbocycles. The Kier molecular flexibility index (Phi) is 7.79. The van der Waals surface area contributed by atoms with Gasteiger partial charge in [-0.2, -0.15) is 0 Å². The number of nitrogen functional groups attached to an aromatic ring is 1. The molecule has 0 aliphatic heterocycles. The fraction of sp³-hybridized carbons (Fsp3) is 0.217. The van der Waals surface area contributed by atoms with E-state index in [4.69, 9.17) is 20.9 Å². The van der Waals surface area contributed by atoms with Crippen molar-refractivity contribution in [2.45, 2.75) is 19.9 Å². The molecule has 3 rings (SSSR count). The van der Waals surface area contributed by atoms with Crippen molar-refractivity contribution in [1.82, 2.24) is 4.98 Å². The van der Waals surface area contributed by atoms with E-state index >= 15 is 0 Å². The van der Waals surface area contributed by atoms with E-state index in [0.29, 0.717) is 17.0 Å². The highest BCUT2D eigenvalue weighted by atomic mass is 32.1. The van der Waals surface area contributed by atoms with Gasteiger partial charge in [-0.1, -0.05) is 11.3 Å². The second-order valence-electron chi connectivity index (χ2n) is 7.08. The molecule has 0 fully saturated rings. The molecule has 3 aromatic rings. The van der Waals surface area contributed by atoms with Gasteiger partial charge in [0, 0.05) is 11.3 Å². The summed E-state index contributed by atoms with van der Waals surface area (Å²) in [5, 5.41) is 0.258. The number of anilines is 3. The summed E-state index contributed by atoms with van der Waals surface area (Å²) in [5.74, 6) is -1.59. The van der Waals surface area contributed by atoms with Gasteiger partial charge in [0.15, 0.2) is 11.7 Å². The number of hydrogen-bond acceptors (Lipinski definition) is 9. The number of aromatic nitrogens is 1. The second kappa shape index (κ2) is 10.8. The molecule has 4 N–H and O–H groups in total. The van der Waals surface area contributed by atoms with Crippen LogP contribution in [0.5, 0.6) is 5.75 Å². The third-order valence-electron chi connectivity index (χ3n) is 4.74. The van der Waals surface area contributed by atoms with Crippen LogP contribution in [0.15, 0.2) is 48.5 Å². The number of nitrogens with zero attached hydrogens (tertiary/aromatic N) is 2. The summed E-state index contributed by atoms with van der Waals surface area (Å²) < 4.78 is 23.5. The van der Waals surface area contributed by atoms with Crippen molar-refractivity contribution in [3.63, 3.8) is 0 Å². The Morgan fingerprint density at radius 3 is 2.35 bits per heavy atom. The zero-order valence-electron chi connectivity index (χ0n) is 18.5. The molecule has 1 amide bonds. The molecular weight excluding hydrogens is 463 g/mol. The van der Waals surface area contributed by atoms with Crippen molar-refractivity contribution in [1.29, 1.82) is 0 Å². The van der Waals surface area contributed by atoms with E-state index in [1.165, 1.54) is 41.3 Å². The first-order valence-corrected chi connectivity index (χ1v) is 11.1. The number of ketones is 1. The monoisotopic (exact) mass is 486 g/mol. The van der Waals surface area contributed by atoms with Gasteiger partial charge in [0.2, 0.25) is 11.7 Å². The molecule has 0 saturated heterocycles. The average molecular weight is 487 g/mol. The van der Waals surface area contributed by atoms with Gasteiger partial charge in [0.1, 0.15) is 28.3 Å². The number of ether oxygens (including phenoxy) is 2. The van der Waals surface area contributed by atoms with E-state index in [2.05, 4.69) is 4.98 Å². The minimum Gasteiger partial charge on any atom is -0.482 e. The molecule has 9 nitrogen and oxygen atoms in total. The lowest BCUT2D eigenvalue weighted by atomic mass is 10.1. The molecule has 0 radical (unpaired) electrons. The largest absolute Gasteiger partial charge is 0.482 e. The fourth-order valence-electron chi connectivity index (χ4n) is 2.99. The van der Waals surface area contributed by atoms with E-state index in [9.17, 15) is 18.8 Å². The van der Waals surface area contributed by atoms with Crippen molar-refractivity contribution in [3.8, 4) is 5.75 Å². The van der Waals surface area contributed by atoms with Gasteiger partial charge >= 0.3 is 5.97 Å². The van der Waals surface area contributed by atoms with Crippen molar-refractivity contribution in [2.75, 3.05) is 23.8 Å². The highest BCUT2D eigenvalue weighted by Gasteiger charge is 2.27. The number of amides is 1. The number of benzene rings is 2. The molecule has 1 aromatic heterocycles. The number of primary amides is 1. The average Bonchev–Trinajstić information content (AvgIpc) is 3.20. The predicted octanol–water partition coefficient (Wildman–Crippen LogP) is 3.05. The maximum Gasteiger partial charge on any atom is 0.344 e. The summed E-state index contributed by atoms with van der Waals surface area (Å²) in [4.78, 5) is 42.3. The van der Waals surface area contributed by atoms with Gasteiger partial charge in [-0.25, -0.2) is 14.2 Å². The molecule has 0 aliphatic carbocycles. The standard InChI is InChI=1S/C23H23FN4O5S/c1-3-32-18(29)12-33-17-10-4-14(5-11-17)19(30)20-21(25)27-23(34-20)28(13(2)22(26)31)16-8-6-15(24)7-9-16/h4-11,13H,3,12,25H2,1-2H3,(H2,26,31)/t13-/m1/s1. The molecule has 0 aliphatic rings. The van der Waals surface area contributed by atoms with Gasteiger partial charge in [-0.05, 0) is 62.4 Å². The zero-order chi connectivity index (χ0) is 24.8. The van der Waals surface area contributed by atoms with Gasteiger partial charge in [-0.15, -0.1) is 0 Å². The Morgan fingerprint density at radius 1 is 1.12 bits per heavy atom. The van der Waals surface area contributed by atoms with Gasteiger partial charge in [0.05, 0.1) is 6.61 Å². The predicted molar refractivity (Wildman–Crippen MR) is 126 cm³/mol. The van der Waals surface area contributed by atoms with E-state index in [1.807, 2.05) is 0 Å². The van der Waals surface area contributed by atoms with E-state index in [-0.39, 0.29) is 34.8 Å². The Bertz CT molecular complexity index is 1180. The molecule has 11 heteroatoms. The molecule has 2 aromatic carbocycles. The summed E-state index contributed by atoms with van der Waals surface area (Å²) in [6, 6.07) is 10.8. The number of carbonyl (C=O) groups excluding carboxylic acids is 3. The van der Waals surface area contributed by atoms with Crippen molar-refractivity contribution >= 4 is 45.6 Å². The minimum absolute atomic E-state index is 0.0172. The van der Waals surface area contributed by atoms with Crippen LogP contribution in [0.25, 0.3) is 0 Å². The Balaban J connectivity index is 1.84. The fourth-order valence-corrected chi connectivity index (χ4v) is 4.04. The number of hydrogen-bond donors (Lipinski definition) is 2. The number of nitrogens with two attached hydrogens (primary N) is 2. The van der Waals surface area contributed by atoms with E-state index in [0.717, 1.165) is 11.3 Å². The lowest BCUT2D eigenvalue weighted by Gasteiger charge is -2.26. The molecule has 178 valence electrons. The summed E-state index contributed by atoms with van der Waals surface area (Å²) in [5.41, 5.74) is 12.3. The highest BCUT2D eigenvalue weighted by Crippen LogP contribution is 2.36. The van der Waals surface area contributed by atoms with E-state index < -0.39 is 23.7 Å². The summed E-state index contributed by atoms with van der Waals surface area (Å²) in [7, 11) is 0.